The molecule has 0 radical (unpaired) electrons. The second-order valence-corrected chi connectivity index (χ2v) is 4.60. The van der Waals surface area contributed by atoms with Crippen molar-refractivity contribution in [2.24, 2.45) is 5.10 Å². The van der Waals surface area contributed by atoms with E-state index >= 15 is 0 Å². The first-order chi connectivity index (χ1) is 9.74. The van der Waals surface area contributed by atoms with E-state index in [1.54, 1.807) is 12.1 Å². The van der Waals surface area contributed by atoms with E-state index < -0.39 is 6.03 Å². The Labute approximate surface area is 117 Å². The molecular weight excluding hydrogens is 260 g/mol. The maximum atomic E-state index is 11.6. The molecule has 1 aromatic rings. The smallest absolute Gasteiger partial charge is 0.341 e. The third-order valence-electron chi connectivity index (χ3n) is 2.97. The fraction of sp³-hybridized carbons (Fsp3) is 0.462. The Morgan fingerprint density at radius 2 is 2.15 bits per heavy atom. The van der Waals surface area contributed by atoms with Crippen molar-refractivity contribution in [3.05, 3.63) is 24.2 Å². The lowest BCUT2D eigenvalue weighted by molar-refractivity contribution is -0.121. The summed E-state index contributed by atoms with van der Waals surface area (Å²) in [6.45, 7) is 2.06. The third-order valence-corrected chi connectivity index (χ3v) is 2.97. The highest BCUT2D eigenvalue weighted by molar-refractivity contribution is 5.95. The number of imide groups is 1. The van der Waals surface area contributed by atoms with Crippen molar-refractivity contribution in [1.29, 1.82) is 0 Å². The van der Waals surface area contributed by atoms with E-state index in [0.717, 1.165) is 25.9 Å². The number of urea groups is 1. The maximum Gasteiger partial charge on any atom is 0.341 e. The SMILES string of the molecule is O=C(CN1CCCCC1)NC(=O)N/N=C\c1ccco1. The van der Waals surface area contributed by atoms with E-state index in [1.165, 1.54) is 18.9 Å². The summed E-state index contributed by atoms with van der Waals surface area (Å²) >= 11 is 0. The van der Waals surface area contributed by atoms with E-state index in [2.05, 4.69) is 15.8 Å². The molecule has 3 amide bonds. The van der Waals surface area contributed by atoms with E-state index in [1.807, 2.05) is 4.90 Å². The van der Waals surface area contributed by atoms with Gasteiger partial charge in [0.2, 0.25) is 5.91 Å². The lowest BCUT2D eigenvalue weighted by atomic mass is 10.1. The van der Waals surface area contributed by atoms with Gasteiger partial charge in [0, 0.05) is 0 Å². The summed E-state index contributed by atoms with van der Waals surface area (Å²) in [5.74, 6) is 0.197. The van der Waals surface area contributed by atoms with Gasteiger partial charge < -0.3 is 4.42 Å². The van der Waals surface area contributed by atoms with E-state index in [9.17, 15) is 9.59 Å². The van der Waals surface area contributed by atoms with Gasteiger partial charge in [-0.15, -0.1) is 0 Å². The molecule has 1 aliphatic heterocycles. The second-order valence-electron chi connectivity index (χ2n) is 4.60. The summed E-state index contributed by atoms with van der Waals surface area (Å²) in [6.07, 6.45) is 6.28. The van der Waals surface area contributed by atoms with Crippen LogP contribution in [0, 0.1) is 0 Å². The molecule has 0 aliphatic carbocycles. The van der Waals surface area contributed by atoms with Crippen LogP contribution in [0.25, 0.3) is 0 Å². The number of nitrogens with one attached hydrogen (secondary N) is 2. The summed E-state index contributed by atoms with van der Waals surface area (Å²) in [7, 11) is 0. The molecule has 0 aromatic carbocycles. The molecule has 2 heterocycles. The zero-order valence-electron chi connectivity index (χ0n) is 11.2. The number of carbonyl (C=O) groups excluding carboxylic acids is 2. The monoisotopic (exact) mass is 278 g/mol. The van der Waals surface area contributed by atoms with Crippen molar-refractivity contribution in [2.45, 2.75) is 19.3 Å². The predicted molar refractivity (Wildman–Crippen MR) is 73.3 cm³/mol. The first-order valence-corrected chi connectivity index (χ1v) is 6.63. The van der Waals surface area contributed by atoms with Gasteiger partial charge in [0.05, 0.1) is 19.0 Å². The molecule has 0 atom stereocenters. The van der Waals surface area contributed by atoms with Crippen molar-refractivity contribution >= 4 is 18.2 Å². The van der Waals surface area contributed by atoms with Crippen LogP contribution in [0.5, 0.6) is 0 Å². The number of amides is 3. The van der Waals surface area contributed by atoms with E-state index in [-0.39, 0.29) is 12.5 Å². The molecular formula is C13H18N4O3. The molecule has 0 bridgehead atoms. The molecule has 2 rings (SSSR count). The number of carbonyl (C=O) groups is 2. The standard InChI is InChI=1S/C13H18N4O3/c18-12(10-17-6-2-1-3-7-17)15-13(19)16-14-9-11-5-4-8-20-11/h4-5,8-9H,1-3,6-7,10H2,(H2,15,16,18,19)/b14-9-. The van der Waals surface area contributed by atoms with Crippen LogP contribution in [0.1, 0.15) is 25.0 Å². The summed E-state index contributed by atoms with van der Waals surface area (Å²) in [6, 6.07) is 2.77. The lowest BCUT2D eigenvalue weighted by Gasteiger charge is -2.25. The molecule has 0 saturated carbocycles. The predicted octanol–water partition coefficient (Wildman–Crippen LogP) is 0.925. The first kappa shape index (κ1) is 14.3. The first-order valence-electron chi connectivity index (χ1n) is 6.63. The number of furan rings is 1. The molecule has 7 heteroatoms. The molecule has 1 fully saturated rings. The Hall–Kier alpha value is -2.15. The molecule has 1 saturated heterocycles. The van der Waals surface area contributed by atoms with Crippen LogP contribution < -0.4 is 10.7 Å². The summed E-state index contributed by atoms with van der Waals surface area (Å²) in [5, 5.41) is 5.90. The van der Waals surface area contributed by atoms with Gasteiger partial charge in [0.1, 0.15) is 5.76 Å². The zero-order chi connectivity index (χ0) is 14.2. The number of nitrogens with zero attached hydrogens (tertiary/aromatic N) is 2. The second kappa shape index (κ2) is 7.44. The Kier molecular flexibility index (Phi) is 5.31. The molecule has 2 N–H and O–H groups in total. The van der Waals surface area contributed by atoms with Crippen LogP contribution in [-0.4, -0.2) is 42.7 Å². The van der Waals surface area contributed by atoms with Crippen molar-refractivity contribution in [1.82, 2.24) is 15.6 Å². The largest absolute Gasteiger partial charge is 0.463 e. The van der Waals surface area contributed by atoms with E-state index in [4.69, 9.17) is 4.42 Å². The fourth-order valence-corrected chi connectivity index (χ4v) is 2.03. The van der Waals surface area contributed by atoms with Gasteiger partial charge in [-0.1, -0.05) is 6.42 Å². The van der Waals surface area contributed by atoms with Gasteiger partial charge in [-0.25, -0.2) is 10.2 Å². The van der Waals surface area contributed by atoms with Gasteiger partial charge in [-0.3, -0.25) is 15.0 Å². The summed E-state index contributed by atoms with van der Waals surface area (Å²) in [5.41, 5.74) is 2.21. The number of hydrogen-bond donors (Lipinski definition) is 2. The Morgan fingerprint density at radius 1 is 1.35 bits per heavy atom. The third kappa shape index (κ3) is 4.85. The maximum absolute atomic E-state index is 11.6. The van der Waals surface area contributed by atoms with Gasteiger partial charge in [-0.05, 0) is 38.1 Å². The minimum absolute atomic E-state index is 0.245. The van der Waals surface area contributed by atoms with Crippen molar-refractivity contribution in [3.8, 4) is 0 Å². The van der Waals surface area contributed by atoms with Gasteiger partial charge in [0.15, 0.2) is 0 Å². The Bertz CT molecular complexity index is 464. The molecule has 108 valence electrons. The summed E-state index contributed by atoms with van der Waals surface area (Å²) < 4.78 is 5.00. The number of hydrazone groups is 1. The highest BCUT2D eigenvalue weighted by atomic mass is 16.3. The zero-order valence-corrected chi connectivity index (χ0v) is 11.2. The fourth-order valence-electron chi connectivity index (χ4n) is 2.03. The normalized spacial score (nSPS) is 16.2. The van der Waals surface area contributed by atoms with Crippen molar-refractivity contribution in [3.63, 3.8) is 0 Å². The lowest BCUT2D eigenvalue weighted by Crippen LogP contribution is -2.44. The van der Waals surface area contributed by atoms with E-state index in [0.29, 0.717) is 5.76 Å². The molecule has 0 unspecified atom stereocenters. The quantitative estimate of drug-likeness (QED) is 0.633. The van der Waals surface area contributed by atoms with Gasteiger partial charge in [0.25, 0.3) is 0 Å². The average Bonchev–Trinajstić information content (AvgIpc) is 2.93. The Morgan fingerprint density at radius 3 is 2.85 bits per heavy atom. The topological polar surface area (TPSA) is 86.9 Å². The van der Waals surface area contributed by atoms with Crippen LogP contribution in [0.15, 0.2) is 27.9 Å². The van der Waals surface area contributed by atoms with Crippen LogP contribution in [0.4, 0.5) is 4.79 Å². The molecule has 1 aliphatic rings. The summed E-state index contributed by atoms with van der Waals surface area (Å²) in [4.78, 5) is 25.1. The van der Waals surface area contributed by atoms with Crippen LogP contribution >= 0.6 is 0 Å². The minimum Gasteiger partial charge on any atom is -0.463 e. The van der Waals surface area contributed by atoms with Gasteiger partial charge in [-0.2, -0.15) is 5.10 Å². The molecule has 0 spiro atoms. The number of likely N-dealkylation sites (tertiary alicyclic amines) is 1. The Balaban J connectivity index is 1.66. The molecule has 20 heavy (non-hydrogen) atoms. The average molecular weight is 278 g/mol. The van der Waals surface area contributed by atoms with Gasteiger partial charge >= 0.3 is 6.03 Å². The number of hydrogen-bond acceptors (Lipinski definition) is 5. The minimum atomic E-state index is -0.644. The molecule has 1 aromatic heterocycles. The number of rotatable bonds is 4. The van der Waals surface area contributed by atoms with Crippen LogP contribution in [-0.2, 0) is 4.79 Å². The van der Waals surface area contributed by atoms with Crippen molar-refractivity contribution < 1.29 is 14.0 Å². The van der Waals surface area contributed by atoms with Crippen LogP contribution in [0.2, 0.25) is 0 Å². The van der Waals surface area contributed by atoms with Crippen LogP contribution in [0.3, 0.4) is 0 Å². The number of piperidine rings is 1. The van der Waals surface area contributed by atoms with Crippen molar-refractivity contribution in [2.75, 3.05) is 19.6 Å². The highest BCUT2D eigenvalue weighted by Crippen LogP contribution is 2.07. The molecule has 7 nitrogen and oxygen atoms in total. The highest BCUT2D eigenvalue weighted by Gasteiger charge is 2.15.